The first kappa shape index (κ1) is 13.8. The van der Waals surface area contributed by atoms with Gasteiger partial charge in [-0.15, -0.1) is 0 Å². The van der Waals surface area contributed by atoms with Gasteiger partial charge in [0.25, 0.3) is 0 Å². The minimum atomic E-state index is -2.91. The van der Waals surface area contributed by atoms with E-state index < -0.39 is 12.6 Å². The van der Waals surface area contributed by atoms with Gasteiger partial charge in [-0.05, 0) is 19.1 Å². The van der Waals surface area contributed by atoms with Gasteiger partial charge in [0.15, 0.2) is 0 Å². The maximum absolute atomic E-state index is 12.2. The molecular weight excluding hydrogens is 270 g/mol. The molecule has 8 heteroatoms. The van der Waals surface area contributed by atoms with Crippen LogP contribution in [0.4, 0.5) is 25.0 Å². The fourth-order valence-electron chi connectivity index (χ4n) is 1.58. The molecule has 3 N–H and O–H groups in total. The Bertz CT molecular complexity index is 587. The van der Waals surface area contributed by atoms with Gasteiger partial charge in [0.1, 0.15) is 5.75 Å². The molecule has 0 aliphatic heterocycles. The normalized spacial score (nSPS) is 10.4. The second kappa shape index (κ2) is 6.00. The van der Waals surface area contributed by atoms with Gasteiger partial charge in [-0.3, -0.25) is 5.10 Å². The molecule has 1 aromatic carbocycles. The van der Waals surface area contributed by atoms with Gasteiger partial charge in [0, 0.05) is 17.4 Å². The van der Waals surface area contributed by atoms with E-state index in [1.807, 2.05) is 0 Å². The molecule has 0 fully saturated rings. The van der Waals surface area contributed by atoms with E-state index in [1.54, 1.807) is 13.0 Å². The minimum absolute atomic E-state index is 0.0149. The SMILES string of the molecule is Cc1c(NC(=O)Nc2cn[nH]c2)cccc1OC(F)F. The molecule has 2 aromatic rings. The first-order chi connectivity index (χ1) is 9.56. The number of aromatic amines is 1. The summed E-state index contributed by atoms with van der Waals surface area (Å²) in [5.74, 6) is 0.0149. The molecule has 106 valence electrons. The molecule has 2 rings (SSSR count). The van der Waals surface area contributed by atoms with E-state index in [2.05, 4.69) is 25.6 Å². The highest BCUT2D eigenvalue weighted by Crippen LogP contribution is 2.26. The van der Waals surface area contributed by atoms with E-state index in [4.69, 9.17) is 0 Å². The maximum atomic E-state index is 12.2. The number of nitrogens with zero attached hydrogens (tertiary/aromatic N) is 1. The fraction of sp³-hybridized carbons (Fsp3) is 0.167. The average Bonchev–Trinajstić information content (AvgIpc) is 2.86. The van der Waals surface area contributed by atoms with Crippen molar-refractivity contribution < 1.29 is 18.3 Å². The number of H-pyrrole nitrogens is 1. The highest BCUT2D eigenvalue weighted by atomic mass is 19.3. The predicted molar refractivity (Wildman–Crippen MR) is 69.0 cm³/mol. The van der Waals surface area contributed by atoms with Crippen molar-refractivity contribution in [3.8, 4) is 5.75 Å². The van der Waals surface area contributed by atoms with Crippen LogP contribution in [0.1, 0.15) is 5.56 Å². The van der Waals surface area contributed by atoms with Gasteiger partial charge < -0.3 is 15.4 Å². The van der Waals surface area contributed by atoms with Crippen molar-refractivity contribution in [3.63, 3.8) is 0 Å². The van der Waals surface area contributed by atoms with Gasteiger partial charge in [-0.1, -0.05) is 6.07 Å². The number of aromatic nitrogens is 2. The Morgan fingerprint density at radius 3 is 2.85 bits per heavy atom. The molecule has 0 saturated heterocycles. The Kier molecular flexibility index (Phi) is 4.14. The molecule has 0 unspecified atom stereocenters. The van der Waals surface area contributed by atoms with Crippen molar-refractivity contribution >= 4 is 17.4 Å². The minimum Gasteiger partial charge on any atom is -0.434 e. The number of ether oxygens (including phenoxy) is 1. The Labute approximate surface area is 113 Å². The second-order valence-electron chi connectivity index (χ2n) is 3.87. The number of carbonyl (C=O) groups excluding carboxylic acids is 1. The highest BCUT2D eigenvalue weighted by Gasteiger charge is 2.12. The molecule has 0 aliphatic rings. The summed E-state index contributed by atoms with van der Waals surface area (Å²) in [6, 6.07) is 3.99. The lowest BCUT2D eigenvalue weighted by Crippen LogP contribution is -2.19. The summed E-state index contributed by atoms with van der Waals surface area (Å²) in [5, 5.41) is 11.3. The number of rotatable bonds is 4. The Balaban J connectivity index is 2.07. The second-order valence-corrected chi connectivity index (χ2v) is 3.87. The largest absolute Gasteiger partial charge is 0.434 e. The molecule has 1 heterocycles. The van der Waals surface area contributed by atoms with Crippen molar-refractivity contribution in [2.75, 3.05) is 10.6 Å². The fourth-order valence-corrected chi connectivity index (χ4v) is 1.58. The van der Waals surface area contributed by atoms with Gasteiger partial charge in [-0.25, -0.2) is 4.79 Å². The lowest BCUT2D eigenvalue weighted by atomic mass is 10.2. The van der Waals surface area contributed by atoms with Crippen LogP contribution in [-0.2, 0) is 0 Å². The van der Waals surface area contributed by atoms with Crippen LogP contribution in [0.25, 0.3) is 0 Å². The number of nitrogens with one attached hydrogen (secondary N) is 3. The summed E-state index contributed by atoms with van der Waals surface area (Å²) in [6.45, 7) is -1.34. The number of hydrogen-bond acceptors (Lipinski definition) is 3. The Hall–Kier alpha value is -2.64. The van der Waals surface area contributed by atoms with Crippen LogP contribution in [0, 0.1) is 6.92 Å². The summed E-state index contributed by atoms with van der Waals surface area (Å²) < 4.78 is 28.8. The number of urea groups is 1. The third-order valence-electron chi connectivity index (χ3n) is 2.50. The zero-order chi connectivity index (χ0) is 14.5. The molecule has 0 atom stereocenters. The van der Waals surface area contributed by atoms with Crippen molar-refractivity contribution in [2.45, 2.75) is 13.5 Å². The lowest BCUT2D eigenvalue weighted by Gasteiger charge is -2.13. The standard InChI is InChI=1S/C12H12F2N4O2/c1-7-9(3-2-4-10(7)20-11(13)14)18-12(19)17-8-5-15-16-6-8/h2-6,11H,1H3,(H,15,16)(H2,17,18,19). The number of halogens is 2. The van der Waals surface area contributed by atoms with E-state index in [1.165, 1.54) is 24.5 Å². The van der Waals surface area contributed by atoms with E-state index in [9.17, 15) is 13.6 Å². The van der Waals surface area contributed by atoms with Gasteiger partial charge in [0.05, 0.1) is 11.9 Å². The molecule has 20 heavy (non-hydrogen) atoms. The zero-order valence-corrected chi connectivity index (χ0v) is 10.5. The van der Waals surface area contributed by atoms with Crippen LogP contribution in [0.2, 0.25) is 0 Å². The van der Waals surface area contributed by atoms with E-state index in [0.29, 0.717) is 16.9 Å². The Morgan fingerprint density at radius 2 is 2.20 bits per heavy atom. The third kappa shape index (κ3) is 3.44. The van der Waals surface area contributed by atoms with Crippen molar-refractivity contribution in [1.29, 1.82) is 0 Å². The topological polar surface area (TPSA) is 79.0 Å². The molecule has 0 radical (unpaired) electrons. The maximum Gasteiger partial charge on any atom is 0.387 e. The number of anilines is 2. The van der Waals surface area contributed by atoms with Crippen LogP contribution in [0.5, 0.6) is 5.75 Å². The highest BCUT2D eigenvalue weighted by molar-refractivity contribution is 6.00. The Morgan fingerprint density at radius 1 is 1.40 bits per heavy atom. The van der Waals surface area contributed by atoms with Gasteiger partial charge in [0.2, 0.25) is 0 Å². The zero-order valence-electron chi connectivity index (χ0n) is 10.5. The van der Waals surface area contributed by atoms with Crippen molar-refractivity contribution in [1.82, 2.24) is 10.2 Å². The van der Waals surface area contributed by atoms with Crippen LogP contribution in [0.15, 0.2) is 30.6 Å². The summed E-state index contributed by atoms with van der Waals surface area (Å²) in [5.41, 5.74) is 1.28. The smallest absolute Gasteiger partial charge is 0.387 e. The van der Waals surface area contributed by atoms with Crippen molar-refractivity contribution in [2.24, 2.45) is 0 Å². The summed E-state index contributed by atoms with van der Waals surface area (Å²) in [7, 11) is 0. The lowest BCUT2D eigenvalue weighted by molar-refractivity contribution is -0.0502. The van der Waals surface area contributed by atoms with Crippen LogP contribution in [-0.4, -0.2) is 22.8 Å². The summed E-state index contributed by atoms with van der Waals surface area (Å²) in [4.78, 5) is 11.7. The monoisotopic (exact) mass is 282 g/mol. The number of alkyl halides is 2. The van der Waals surface area contributed by atoms with Gasteiger partial charge in [-0.2, -0.15) is 13.9 Å². The molecule has 0 aliphatic carbocycles. The first-order valence-corrected chi connectivity index (χ1v) is 5.67. The first-order valence-electron chi connectivity index (χ1n) is 5.67. The predicted octanol–water partition coefficient (Wildman–Crippen LogP) is 2.96. The van der Waals surface area contributed by atoms with Crippen LogP contribution < -0.4 is 15.4 Å². The van der Waals surface area contributed by atoms with E-state index in [-0.39, 0.29) is 5.75 Å². The van der Waals surface area contributed by atoms with E-state index in [0.717, 1.165) is 0 Å². The summed E-state index contributed by atoms with van der Waals surface area (Å²) in [6.07, 6.45) is 2.94. The molecule has 0 bridgehead atoms. The number of carbonyl (C=O) groups is 1. The van der Waals surface area contributed by atoms with Crippen molar-refractivity contribution in [3.05, 3.63) is 36.2 Å². The van der Waals surface area contributed by atoms with E-state index >= 15 is 0 Å². The number of amides is 2. The number of benzene rings is 1. The quantitative estimate of drug-likeness (QED) is 0.806. The van der Waals surface area contributed by atoms with Gasteiger partial charge >= 0.3 is 12.6 Å². The number of hydrogen-bond donors (Lipinski definition) is 3. The van der Waals surface area contributed by atoms with Crippen LogP contribution >= 0.6 is 0 Å². The molecule has 0 spiro atoms. The molecule has 2 amide bonds. The average molecular weight is 282 g/mol. The molecule has 6 nitrogen and oxygen atoms in total. The molecular formula is C12H12F2N4O2. The summed E-state index contributed by atoms with van der Waals surface area (Å²) >= 11 is 0. The molecule has 1 aromatic heterocycles. The molecule has 0 saturated carbocycles. The third-order valence-corrected chi connectivity index (χ3v) is 2.50. The van der Waals surface area contributed by atoms with Crippen LogP contribution in [0.3, 0.4) is 0 Å².